The Bertz CT molecular complexity index is 941. The van der Waals surface area contributed by atoms with Gasteiger partial charge in [0.2, 0.25) is 5.91 Å². The second kappa shape index (κ2) is 11.1. The smallest absolute Gasteiger partial charge is 0.223 e. The normalized spacial score (nSPS) is 19.5. The average molecular weight is 452 g/mol. The predicted octanol–water partition coefficient (Wildman–Crippen LogP) is 3.47. The van der Waals surface area contributed by atoms with E-state index in [2.05, 4.69) is 42.0 Å². The summed E-state index contributed by atoms with van der Waals surface area (Å²) >= 11 is 0. The standard InChI is InChI=1S/C27H37N3O3/c1-19-15-26(33-14-11-30-9-12-32-13-10-30)21(3)25-16-23(6-7-24(19)25)20(2)27(31)29-18-22-5-4-8-28-17-22/h4-5,8,15,17,20,23H,6-7,9-14,16,18H2,1-3H3,(H,29,31). The second-order valence-electron chi connectivity index (χ2n) is 9.45. The van der Waals surface area contributed by atoms with Crippen LogP contribution in [-0.2, 0) is 28.9 Å². The lowest BCUT2D eigenvalue weighted by Crippen LogP contribution is -2.38. The molecule has 4 rings (SSSR count). The number of fused-ring (bicyclic) bond motifs is 1. The molecule has 1 fully saturated rings. The van der Waals surface area contributed by atoms with Crippen LogP contribution < -0.4 is 10.1 Å². The lowest BCUT2D eigenvalue weighted by molar-refractivity contribution is -0.126. The van der Waals surface area contributed by atoms with Crippen LogP contribution in [0.3, 0.4) is 0 Å². The van der Waals surface area contributed by atoms with Gasteiger partial charge >= 0.3 is 0 Å². The molecule has 2 heterocycles. The summed E-state index contributed by atoms with van der Waals surface area (Å²) in [6.07, 6.45) is 6.56. The highest BCUT2D eigenvalue weighted by Crippen LogP contribution is 2.37. The molecule has 2 aromatic rings. The van der Waals surface area contributed by atoms with E-state index in [1.165, 1.54) is 22.3 Å². The Balaban J connectivity index is 1.37. The molecule has 2 atom stereocenters. The third-order valence-electron chi connectivity index (χ3n) is 7.32. The SMILES string of the molecule is Cc1cc(OCCN2CCOCC2)c(C)c2c1CCC(C(C)C(=O)NCc1cccnc1)C2. The predicted molar refractivity (Wildman–Crippen MR) is 129 cm³/mol. The van der Waals surface area contributed by atoms with Gasteiger partial charge in [-0.15, -0.1) is 0 Å². The Labute approximate surface area is 197 Å². The lowest BCUT2D eigenvalue weighted by Gasteiger charge is -2.32. The Morgan fingerprint density at radius 1 is 1.30 bits per heavy atom. The first kappa shape index (κ1) is 23.7. The van der Waals surface area contributed by atoms with Gasteiger partial charge in [0.15, 0.2) is 0 Å². The monoisotopic (exact) mass is 451 g/mol. The van der Waals surface area contributed by atoms with Gasteiger partial charge in [-0.1, -0.05) is 13.0 Å². The second-order valence-corrected chi connectivity index (χ2v) is 9.45. The van der Waals surface area contributed by atoms with Gasteiger partial charge in [-0.25, -0.2) is 0 Å². The van der Waals surface area contributed by atoms with Crippen molar-refractivity contribution in [3.63, 3.8) is 0 Å². The number of pyridine rings is 1. The first-order chi connectivity index (χ1) is 16.0. The number of hydrogen-bond acceptors (Lipinski definition) is 5. The van der Waals surface area contributed by atoms with Crippen molar-refractivity contribution in [2.75, 3.05) is 39.5 Å². The van der Waals surface area contributed by atoms with E-state index < -0.39 is 0 Å². The van der Waals surface area contributed by atoms with E-state index in [0.717, 1.165) is 63.4 Å². The van der Waals surface area contributed by atoms with E-state index in [0.29, 0.717) is 19.1 Å². The van der Waals surface area contributed by atoms with Gasteiger partial charge in [-0.05, 0) is 79.0 Å². The Kier molecular flexibility index (Phi) is 7.99. The van der Waals surface area contributed by atoms with Gasteiger partial charge in [-0.3, -0.25) is 14.7 Å². The number of nitrogens with one attached hydrogen (secondary N) is 1. The Hall–Kier alpha value is -2.44. The third kappa shape index (κ3) is 5.92. The highest BCUT2D eigenvalue weighted by atomic mass is 16.5. The molecule has 6 heteroatoms. The maximum Gasteiger partial charge on any atom is 0.223 e. The molecule has 0 spiro atoms. The van der Waals surface area contributed by atoms with Crippen LogP contribution in [0.5, 0.6) is 5.75 Å². The summed E-state index contributed by atoms with van der Waals surface area (Å²) in [5.74, 6) is 1.43. The van der Waals surface area contributed by atoms with Crippen LogP contribution in [-0.4, -0.2) is 55.2 Å². The summed E-state index contributed by atoms with van der Waals surface area (Å²) in [5, 5.41) is 3.10. The number of benzene rings is 1. The van der Waals surface area contributed by atoms with Gasteiger partial charge in [0, 0.05) is 44.5 Å². The summed E-state index contributed by atoms with van der Waals surface area (Å²) in [6.45, 7) is 12.2. The van der Waals surface area contributed by atoms with Crippen LogP contribution in [0.15, 0.2) is 30.6 Å². The van der Waals surface area contributed by atoms with Crippen LogP contribution >= 0.6 is 0 Å². The van der Waals surface area contributed by atoms with Crippen molar-refractivity contribution < 1.29 is 14.3 Å². The molecule has 0 radical (unpaired) electrons. The minimum atomic E-state index is -0.0274. The van der Waals surface area contributed by atoms with Gasteiger partial charge in [0.1, 0.15) is 12.4 Å². The first-order valence-electron chi connectivity index (χ1n) is 12.2. The molecule has 1 aliphatic heterocycles. The number of hydrogen-bond donors (Lipinski definition) is 1. The van der Waals surface area contributed by atoms with Gasteiger partial charge in [-0.2, -0.15) is 0 Å². The molecule has 1 saturated heterocycles. The number of carbonyl (C=O) groups excluding carboxylic acids is 1. The molecule has 0 saturated carbocycles. The molecule has 178 valence electrons. The average Bonchev–Trinajstić information content (AvgIpc) is 2.86. The minimum absolute atomic E-state index is 0.0274. The fraction of sp³-hybridized carbons (Fsp3) is 0.556. The molecule has 1 amide bonds. The number of amides is 1. The lowest BCUT2D eigenvalue weighted by atomic mass is 9.74. The van der Waals surface area contributed by atoms with Crippen molar-refractivity contribution in [3.05, 3.63) is 58.4 Å². The fourth-order valence-electron chi connectivity index (χ4n) is 5.08. The molecule has 6 nitrogen and oxygen atoms in total. The van der Waals surface area contributed by atoms with E-state index in [9.17, 15) is 4.79 Å². The topological polar surface area (TPSA) is 63.7 Å². The summed E-state index contributed by atoms with van der Waals surface area (Å²) in [7, 11) is 0. The van der Waals surface area contributed by atoms with E-state index in [1.54, 1.807) is 12.4 Å². The van der Waals surface area contributed by atoms with E-state index in [-0.39, 0.29) is 11.8 Å². The van der Waals surface area contributed by atoms with Gasteiger partial charge in [0.25, 0.3) is 0 Å². The molecule has 2 aliphatic rings. The van der Waals surface area contributed by atoms with Crippen LogP contribution in [0.2, 0.25) is 0 Å². The highest BCUT2D eigenvalue weighted by molar-refractivity contribution is 5.78. The molecule has 1 aromatic heterocycles. The van der Waals surface area contributed by atoms with Gasteiger partial charge < -0.3 is 14.8 Å². The van der Waals surface area contributed by atoms with Crippen LogP contribution in [0, 0.1) is 25.7 Å². The maximum atomic E-state index is 12.9. The van der Waals surface area contributed by atoms with Crippen LogP contribution in [0.1, 0.15) is 41.2 Å². The van der Waals surface area contributed by atoms with Crippen LogP contribution in [0.4, 0.5) is 0 Å². The van der Waals surface area contributed by atoms with Crippen molar-refractivity contribution in [2.45, 2.75) is 46.6 Å². The summed E-state index contributed by atoms with van der Waals surface area (Å²) in [6, 6.07) is 6.09. The zero-order valence-electron chi connectivity index (χ0n) is 20.2. The number of nitrogens with zero attached hydrogens (tertiary/aromatic N) is 2. The fourth-order valence-corrected chi connectivity index (χ4v) is 5.08. The Morgan fingerprint density at radius 3 is 2.88 bits per heavy atom. The van der Waals surface area contributed by atoms with Crippen molar-refractivity contribution in [1.29, 1.82) is 0 Å². The first-order valence-corrected chi connectivity index (χ1v) is 12.2. The molecule has 1 N–H and O–H groups in total. The largest absolute Gasteiger partial charge is 0.492 e. The molecule has 1 aliphatic carbocycles. The molecule has 0 bridgehead atoms. The highest BCUT2D eigenvalue weighted by Gasteiger charge is 2.30. The zero-order chi connectivity index (χ0) is 23.2. The number of aryl methyl sites for hydroxylation is 1. The van der Waals surface area contributed by atoms with Crippen molar-refractivity contribution in [2.24, 2.45) is 11.8 Å². The van der Waals surface area contributed by atoms with Crippen LogP contribution in [0.25, 0.3) is 0 Å². The summed E-state index contributed by atoms with van der Waals surface area (Å²) < 4.78 is 11.7. The molecular formula is C27H37N3O3. The third-order valence-corrected chi connectivity index (χ3v) is 7.32. The number of morpholine rings is 1. The van der Waals surface area contributed by atoms with Crippen molar-refractivity contribution in [1.82, 2.24) is 15.2 Å². The van der Waals surface area contributed by atoms with E-state index >= 15 is 0 Å². The Morgan fingerprint density at radius 2 is 2.12 bits per heavy atom. The number of carbonyl (C=O) groups is 1. The maximum absolute atomic E-state index is 12.9. The molecule has 1 aromatic carbocycles. The quantitative estimate of drug-likeness (QED) is 0.666. The minimum Gasteiger partial charge on any atom is -0.492 e. The molecule has 33 heavy (non-hydrogen) atoms. The molecular weight excluding hydrogens is 414 g/mol. The van der Waals surface area contributed by atoms with E-state index in [4.69, 9.17) is 9.47 Å². The number of rotatable bonds is 8. The molecule has 2 unspecified atom stereocenters. The summed E-state index contributed by atoms with van der Waals surface area (Å²) in [4.78, 5) is 19.4. The van der Waals surface area contributed by atoms with E-state index in [1.807, 2.05) is 12.1 Å². The van der Waals surface area contributed by atoms with Crippen molar-refractivity contribution in [3.8, 4) is 5.75 Å². The number of ether oxygens (including phenoxy) is 2. The van der Waals surface area contributed by atoms with Crippen molar-refractivity contribution >= 4 is 5.91 Å². The summed E-state index contributed by atoms with van der Waals surface area (Å²) in [5.41, 5.74) is 6.42. The zero-order valence-corrected chi connectivity index (χ0v) is 20.2. The van der Waals surface area contributed by atoms with Gasteiger partial charge in [0.05, 0.1) is 13.2 Å². The number of aromatic nitrogens is 1.